The number of ether oxygens (including phenoxy) is 2. The fourth-order valence-corrected chi connectivity index (χ4v) is 3.37. The number of aliphatic imine (C=N–C) groups is 1. The Morgan fingerprint density at radius 1 is 1.33 bits per heavy atom. The average Bonchev–Trinajstić information content (AvgIpc) is 3.15. The summed E-state index contributed by atoms with van der Waals surface area (Å²) in [6, 6.07) is 8.30. The quantitative estimate of drug-likeness (QED) is 0.340. The zero-order valence-corrected chi connectivity index (χ0v) is 20.7. The number of nitrogens with zero attached hydrogens (tertiary/aromatic N) is 4. The zero-order valence-electron chi connectivity index (χ0n) is 18.4. The second-order valence-electron chi connectivity index (χ2n) is 7.55. The minimum Gasteiger partial charge on any atom is -0.491 e. The number of benzene rings is 1. The smallest absolute Gasteiger partial charge is 0.194 e. The molecule has 1 unspecified atom stereocenters. The van der Waals surface area contributed by atoms with Crippen LogP contribution in [0, 0.1) is 0 Å². The summed E-state index contributed by atoms with van der Waals surface area (Å²) in [5.41, 5.74) is 2.37. The van der Waals surface area contributed by atoms with E-state index in [2.05, 4.69) is 34.4 Å². The Labute approximate surface area is 196 Å². The number of halogens is 1. The number of hydrogen-bond acceptors (Lipinski definition) is 4. The molecule has 2 heterocycles. The maximum Gasteiger partial charge on any atom is 0.194 e. The third-order valence-corrected chi connectivity index (χ3v) is 4.75. The molecule has 1 saturated heterocycles. The van der Waals surface area contributed by atoms with Crippen LogP contribution in [-0.2, 0) is 18.2 Å². The molecule has 1 N–H and O–H groups in total. The molecule has 0 saturated carbocycles. The van der Waals surface area contributed by atoms with Crippen molar-refractivity contribution in [3.8, 4) is 5.75 Å². The molecule has 2 aromatic rings. The monoisotopic (exact) mass is 527 g/mol. The third kappa shape index (κ3) is 7.16. The molecule has 1 aromatic carbocycles. The summed E-state index contributed by atoms with van der Waals surface area (Å²) in [5.74, 6) is 1.86. The van der Waals surface area contributed by atoms with E-state index in [1.54, 1.807) is 0 Å². The van der Waals surface area contributed by atoms with Crippen molar-refractivity contribution >= 4 is 29.9 Å². The molecule has 3 rings (SSSR count). The van der Waals surface area contributed by atoms with Crippen LogP contribution in [-0.4, -0.2) is 59.5 Å². The van der Waals surface area contributed by atoms with Crippen LogP contribution >= 0.6 is 24.0 Å². The second kappa shape index (κ2) is 12.1. The fraction of sp³-hybridized carbons (Fsp3) is 0.545. The number of guanidine groups is 1. The number of aryl methyl sites for hydroxylation is 1. The van der Waals surface area contributed by atoms with E-state index in [0.29, 0.717) is 6.61 Å². The van der Waals surface area contributed by atoms with E-state index < -0.39 is 0 Å². The van der Waals surface area contributed by atoms with E-state index in [9.17, 15) is 0 Å². The van der Waals surface area contributed by atoms with Gasteiger partial charge in [-0.15, -0.1) is 24.0 Å². The first kappa shape index (κ1) is 24.5. The van der Waals surface area contributed by atoms with Crippen LogP contribution in [0.4, 0.5) is 0 Å². The molecule has 1 aliphatic rings. The molecule has 0 spiro atoms. The first-order chi connectivity index (χ1) is 14.0. The van der Waals surface area contributed by atoms with Gasteiger partial charge >= 0.3 is 0 Å². The van der Waals surface area contributed by atoms with E-state index in [1.165, 1.54) is 5.56 Å². The summed E-state index contributed by atoms with van der Waals surface area (Å²) in [4.78, 5) is 7.14. The topological polar surface area (TPSA) is 63.9 Å². The molecule has 30 heavy (non-hydrogen) atoms. The molecular formula is C22H34IN5O2. The van der Waals surface area contributed by atoms with Crippen molar-refractivity contribution in [3.05, 3.63) is 47.8 Å². The summed E-state index contributed by atoms with van der Waals surface area (Å²) in [6.45, 7) is 10.0. The maximum absolute atomic E-state index is 5.96. The van der Waals surface area contributed by atoms with Crippen LogP contribution in [0.2, 0.25) is 0 Å². The van der Waals surface area contributed by atoms with Gasteiger partial charge in [0.05, 0.1) is 25.5 Å². The van der Waals surface area contributed by atoms with Gasteiger partial charge < -0.3 is 19.7 Å². The van der Waals surface area contributed by atoms with Crippen molar-refractivity contribution in [1.29, 1.82) is 0 Å². The second-order valence-corrected chi connectivity index (χ2v) is 7.55. The normalized spacial score (nSPS) is 17.0. The maximum atomic E-state index is 5.96. The lowest BCUT2D eigenvalue weighted by Crippen LogP contribution is -2.48. The minimum absolute atomic E-state index is 0. The summed E-state index contributed by atoms with van der Waals surface area (Å²) >= 11 is 0. The first-order valence-corrected chi connectivity index (χ1v) is 10.4. The lowest BCUT2D eigenvalue weighted by Gasteiger charge is -2.34. The Morgan fingerprint density at radius 3 is 2.73 bits per heavy atom. The summed E-state index contributed by atoms with van der Waals surface area (Å²) in [5, 5.41) is 7.69. The predicted molar refractivity (Wildman–Crippen MR) is 131 cm³/mol. The lowest BCUT2D eigenvalue weighted by molar-refractivity contribution is -0.00803. The highest BCUT2D eigenvalue weighted by atomic mass is 127. The number of nitrogens with one attached hydrogen (secondary N) is 1. The van der Waals surface area contributed by atoms with Gasteiger partial charge in [-0.1, -0.05) is 12.1 Å². The molecule has 7 nitrogen and oxygen atoms in total. The van der Waals surface area contributed by atoms with Crippen LogP contribution in [0.15, 0.2) is 41.7 Å². The highest BCUT2D eigenvalue weighted by Crippen LogP contribution is 2.21. The fourth-order valence-electron chi connectivity index (χ4n) is 3.37. The Balaban J connectivity index is 0.00000320. The molecule has 1 atom stereocenters. The van der Waals surface area contributed by atoms with Crippen LogP contribution < -0.4 is 10.1 Å². The standard InChI is InChI=1S/C22H33N5O2.HI/c1-5-23-22(24-11-10-18-6-8-20(9-7-18)29-17(2)3)27-12-13-28-21(16-27)19-14-25-26(4)15-19;/h6-9,14-15,17,21H,5,10-13,16H2,1-4H3,(H,23,24);1H. The van der Waals surface area contributed by atoms with E-state index >= 15 is 0 Å². The molecule has 1 fully saturated rings. The van der Waals surface area contributed by atoms with Crippen molar-refractivity contribution < 1.29 is 9.47 Å². The molecule has 8 heteroatoms. The number of hydrogen-bond donors (Lipinski definition) is 1. The Kier molecular flexibility index (Phi) is 9.90. The van der Waals surface area contributed by atoms with Crippen molar-refractivity contribution in [2.24, 2.45) is 12.0 Å². The van der Waals surface area contributed by atoms with E-state index in [4.69, 9.17) is 14.5 Å². The van der Waals surface area contributed by atoms with Gasteiger partial charge in [0.1, 0.15) is 11.9 Å². The van der Waals surface area contributed by atoms with Gasteiger partial charge in [-0.2, -0.15) is 5.10 Å². The summed E-state index contributed by atoms with van der Waals surface area (Å²) in [7, 11) is 1.93. The van der Waals surface area contributed by atoms with E-state index in [1.807, 2.05) is 50.1 Å². The van der Waals surface area contributed by atoms with E-state index in [0.717, 1.165) is 49.9 Å². The van der Waals surface area contributed by atoms with Crippen molar-refractivity contribution in [3.63, 3.8) is 0 Å². The molecule has 1 aromatic heterocycles. The van der Waals surface area contributed by atoms with Crippen LogP contribution in [0.1, 0.15) is 38.0 Å². The van der Waals surface area contributed by atoms with Crippen LogP contribution in [0.3, 0.4) is 0 Å². The molecule has 0 aliphatic carbocycles. The van der Waals surface area contributed by atoms with Gasteiger partial charge in [-0.3, -0.25) is 9.67 Å². The van der Waals surface area contributed by atoms with Crippen molar-refractivity contribution in [1.82, 2.24) is 20.0 Å². The highest BCUT2D eigenvalue weighted by Gasteiger charge is 2.25. The molecule has 0 radical (unpaired) electrons. The largest absolute Gasteiger partial charge is 0.491 e. The lowest BCUT2D eigenvalue weighted by atomic mass is 10.1. The number of morpholine rings is 1. The number of aromatic nitrogens is 2. The molecule has 1 aliphatic heterocycles. The van der Waals surface area contributed by atoms with Gasteiger partial charge in [-0.25, -0.2) is 0 Å². The first-order valence-electron chi connectivity index (χ1n) is 10.4. The minimum atomic E-state index is 0. The van der Waals surface area contributed by atoms with Gasteiger partial charge in [0, 0.05) is 38.4 Å². The third-order valence-electron chi connectivity index (χ3n) is 4.75. The Bertz CT molecular complexity index is 791. The molecule has 0 bridgehead atoms. The average molecular weight is 527 g/mol. The SMILES string of the molecule is CCNC(=NCCc1ccc(OC(C)C)cc1)N1CCOC(c2cnn(C)c2)C1.I. The highest BCUT2D eigenvalue weighted by molar-refractivity contribution is 14.0. The van der Waals surface area contributed by atoms with Crippen molar-refractivity contribution in [2.45, 2.75) is 39.4 Å². The Morgan fingerprint density at radius 2 is 2.10 bits per heavy atom. The van der Waals surface area contributed by atoms with Gasteiger partial charge in [0.25, 0.3) is 0 Å². The summed E-state index contributed by atoms with van der Waals surface area (Å²) < 4.78 is 13.5. The van der Waals surface area contributed by atoms with Gasteiger partial charge in [0.2, 0.25) is 0 Å². The number of rotatable bonds is 7. The van der Waals surface area contributed by atoms with Crippen molar-refractivity contribution in [2.75, 3.05) is 32.8 Å². The Hall–Kier alpha value is -1.81. The van der Waals surface area contributed by atoms with Gasteiger partial charge in [0.15, 0.2) is 5.96 Å². The molecular weight excluding hydrogens is 493 g/mol. The zero-order chi connectivity index (χ0) is 20.6. The van der Waals surface area contributed by atoms with Crippen LogP contribution in [0.5, 0.6) is 5.75 Å². The van der Waals surface area contributed by atoms with E-state index in [-0.39, 0.29) is 36.2 Å². The molecule has 0 amide bonds. The van der Waals surface area contributed by atoms with Crippen LogP contribution in [0.25, 0.3) is 0 Å². The summed E-state index contributed by atoms with van der Waals surface area (Å²) in [6.07, 6.45) is 5.01. The predicted octanol–water partition coefficient (Wildman–Crippen LogP) is 3.41. The van der Waals surface area contributed by atoms with Gasteiger partial charge in [-0.05, 0) is 44.9 Å². The molecule has 166 valence electrons.